The van der Waals surface area contributed by atoms with Crippen molar-refractivity contribution in [2.45, 2.75) is 39.2 Å². The molecule has 36 heavy (non-hydrogen) atoms. The summed E-state index contributed by atoms with van der Waals surface area (Å²) < 4.78 is 10.7. The molecular formula is C27H27N3O5S. The molecule has 0 aliphatic heterocycles. The average Bonchev–Trinajstić information content (AvgIpc) is 3.26. The zero-order valence-electron chi connectivity index (χ0n) is 20.1. The van der Waals surface area contributed by atoms with Crippen LogP contribution in [0.15, 0.2) is 53.6 Å². The molecule has 0 unspecified atom stereocenters. The van der Waals surface area contributed by atoms with Crippen LogP contribution < -0.4 is 15.5 Å². The number of ether oxygens (including phenoxy) is 2. The molecule has 2 N–H and O–H groups in total. The molecule has 2 amide bonds. The number of esters is 1. The second-order valence-electron chi connectivity index (χ2n) is 8.41. The maximum atomic E-state index is 12.5. The maximum Gasteiger partial charge on any atom is 0.341 e. The molecule has 4 rings (SSSR count). The van der Waals surface area contributed by atoms with Gasteiger partial charge in [0.25, 0.3) is 0 Å². The highest BCUT2D eigenvalue weighted by Gasteiger charge is 2.28. The van der Waals surface area contributed by atoms with Crippen LogP contribution in [0.1, 0.15) is 50.3 Å². The molecule has 2 aromatic carbocycles. The lowest BCUT2D eigenvalue weighted by molar-refractivity contribution is -0.136. The Morgan fingerprint density at radius 2 is 1.83 bits per heavy atom. The Kier molecular flexibility index (Phi) is 8.12. The lowest BCUT2D eigenvalue weighted by Crippen LogP contribution is -2.32. The summed E-state index contributed by atoms with van der Waals surface area (Å²) in [6.45, 7) is 2.46. The molecule has 3 aromatic rings. The Labute approximate surface area is 213 Å². The van der Waals surface area contributed by atoms with Crippen molar-refractivity contribution in [1.29, 1.82) is 0 Å². The number of methoxy groups -OCH3 is 1. The van der Waals surface area contributed by atoms with E-state index in [9.17, 15) is 14.4 Å². The number of carbonyl (C=O) groups is 3. The van der Waals surface area contributed by atoms with Gasteiger partial charge in [-0.2, -0.15) is 5.10 Å². The molecule has 1 aliphatic carbocycles. The van der Waals surface area contributed by atoms with Crippen LogP contribution in [0.2, 0.25) is 0 Å². The monoisotopic (exact) mass is 505 g/mol. The van der Waals surface area contributed by atoms with E-state index >= 15 is 0 Å². The number of hydrogen-bond acceptors (Lipinski definition) is 7. The first kappa shape index (κ1) is 25.1. The van der Waals surface area contributed by atoms with E-state index in [1.54, 1.807) is 12.1 Å². The van der Waals surface area contributed by atoms with Gasteiger partial charge in [-0.1, -0.05) is 42.0 Å². The smallest absolute Gasteiger partial charge is 0.341 e. The number of carbonyl (C=O) groups excluding carboxylic acids is 3. The summed E-state index contributed by atoms with van der Waals surface area (Å²) >= 11 is 1.31. The molecule has 0 fully saturated rings. The quantitative estimate of drug-likeness (QED) is 0.214. The van der Waals surface area contributed by atoms with Gasteiger partial charge in [-0.3, -0.25) is 9.59 Å². The molecule has 0 radical (unpaired) electrons. The van der Waals surface area contributed by atoms with Crippen LogP contribution in [0.25, 0.3) is 0 Å². The first-order chi connectivity index (χ1) is 17.4. The van der Waals surface area contributed by atoms with Crippen molar-refractivity contribution >= 4 is 40.3 Å². The minimum absolute atomic E-state index is 0.330. The molecule has 0 atom stereocenters. The predicted octanol–water partition coefficient (Wildman–Crippen LogP) is 4.39. The van der Waals surface area contributed by atoms with Gasteiger partial charge in [0.15, 0.2) is 0 Å². The van der Waals surface area contributed by atoms with Gasteiger partial charge >= 0.3 is 17.8 Å². The summed E-state index contributed by atoms with van der Waals surface area (Å²) in [4.78, 5) is 38.1. The average molecular weight is 506 g/mol. The number of hydrazone groups is 1. The Morgan fingerprint density at radius 1 is 1.06 bits per heavy atom. The Balaban J connectivity index is 1.34. The van der Waals surface area contributed by atoms with Gasteiger partial charge in [-0.05, 0) is 61.4 Å². The number of hydrogen-bond donors (Lipinski definition) is 2. The van der Waals surface area contributed by atoms with Gasteiger partial charge in [0, 0.05) is 4.88 Å². The van der Waals surface area contributed by atoms with Crippen LogP contribution in [0.5, 0.6) is 5.75 Å². The number of anilines is 1. The largest absolute Gasteiger partial charge is 0.489 e. The minimum atomic E-state index is -0.944. The predicted molar refractivity (Wildman–Crippen MR) is 139 cm³/mol. The summed E-state index contributed by atoms with van der Waals surface area (Å²) in [5.41, 5.74) is 6.39. The highest BCUT2D eigenvalue weighted by atomic mass is 32.1. The molecule has 0 saturated carbocycles. The van der Waals surface area contributed by atoms with Gasteiger partial charge in [0.2, 0.25) is 0 Å². The van der Waals surface area contributed by atoms with E-state index in [-0.39, 0.29) is 0 Å². The molecule has 9 heteroatoms. The lowest BCUT2D eigenvalue weighted by Gasteiger charge is -2.11. The molecule has 0 spiro atoms. The number of benzene rings is 2. The van der Waals surface area contributed by atoms with Crippen LogP contribution >= 0.6 is 11.3 Å². The highest BCUT2D eigenvalue weighted by molar-refractivity contribution is 7.17. The number of fused-ring (bicyclic) bond motifs is 1. The molecule has 0 bridgehead atoms. The van der Waals surface area contributed by atoms with Gasteiger partial charge in [0.1, 0.15) is 17.4 Å². The topological polar surface area (TPSA) is 106 Å². The molecule has 1 heterocycles. The first-order valence-corrected chi connectivity index (χ1v) is 12.4. The highest BCUT2D eigenvalue weighted by Crippen LogP contribution is 2.38. The maximum absolute atomic E-state index is 12.5. The third-order valence-corrected chi connectivity index (χ3v) is 6.97. The van der Waals surface area contributed by atoms with Crippen molar-refractivity contribution in [3.8, 4) is 5.75 Å². The summed E-state index contributed by atoms with van der Waals surface area (Å²) in [6.07, 6.45) is 5.00. The van der Waals surface area contributed by atoms with Crippen molar-refractivity contribution in [1.82, 2.24) is 5.43 Å². The van der Waals surface area contributed by atoms with Gasteiger partial charge < -0.3 is 14.8 Å². The van der Waals surface area contributed by atoms with Crippen LogP contribution in [-0.2, 0) is 33.8 Å². The second kappa shape index (κ2) is 11.6. The zero-order valence-corrected chi connectivity index (χ0v) is 20.9. The fourth-order valence-corrected chi connectivity index (χ4v) is 5.16. The number of amides is 2. The van der Waals surface area contributed by atoms with E-state index in [1.807, 2.05) is 43.3 Å². The van der Waals surface area contributed by atoms with E-state index in [1.165, 1.54) is 30.2 Å². The Bertz CT molecular complexity index is 1300. The SMILES string of the molecule is COC(=O)c1c(NC(=O)C(=O)NN=Cc2cccc(OCc3ccc(C)cc3)c2)sc2c1CCCC2. The van der Waals surface area contributed by atoms with Crippen LogP contribution in [-0.4, -0.2) is 31.1 Å². The van der Waals surface area contributed by atoms with E-state index in [4.69, 9.17) is 9.47 Å². The van der Waals surface area contributed by atoms with Crippen LogP contribution in [0.3, 0.4) is 0 Å². The fraction of sp³-hybridized carbons (Fsp3) is 0.259. The molecule has 186 valence electrons. The van der Waals surface area contributed by atoms with E-state index < -0.39 is 17.8 Å². The minimum Gasteiger partial charge on any atom is -0.489 e. The van der Waals surface area contributed by atoms with Gasteiger partial charge in [0.05, 0.1) is 18.9 Å². The summed E-state index contributed by atoms with van der Waals surface area (Å²) in [6, 6.07) is 15.3. The molecule has 1 aromatic heterocycles. The van der Waals surface area contributed by atoms with Gasteiger partial charge in [-0.15, -0.1) is 11.3 Å². The number of rotatable bonds is 7. The number of thiophene rings is 1. The summed E-state index contributed by atoms with van der Waals surface area (Å²) in [5, 5.41) is 6.76. The standard InChI is InChI=1S/C27H27N3O5S/c1-17-10-12-18(13-11-17)16-35-20-7-5-6-19(14-20)15-28-30-25(32)24(31)29-26-23(27(33)34-2)21-8-3-4-9-22(21)36-26/h5-7,10-15H,3-4,8-9,16H2,1-2H3,(H,29,31)(H,30,32). The van der Waals surface area contributed by atoms with Crippen molar-refractivity contribution in [2.75, 3.05) is 12.4 Å². The number of nitrogens with zero attached hydrogens (tertiary/aromatic N) is 1. The van der Waals surface area contributed by atoms with E-state index in [2.05, 4.69) is 15.8 Å². The van der Waals surface area contributed by atoms with E-state index in [0.29, 0.717) is 28.5 Å². The van der Waals surface area contributed by atoms with Crippen molar-refractivity contribution in [3.05, 3.63) is 81.2 Å². The van der Waals surface area contributed by atoms with Crippen LogP contribution in [0, 0.1) is 6.92 Å². The summed E-state index contributed by atoms with van der Waals surface area (Å²) in [7, 11) is 1.30. The number of nitrogens with one attached hydrogen (secondary N) is 2. The van der Waals surface area contributed by atoms with Crippen molar-refractivity contribution < 1.29 is 23.9 Å². The number of aryl methyl sites for hydroxylation is 2. The molecule has 1 aliphatic rings. The van der Waals surface area contributed by atoms with Crippen LogP contribution in [0.4, 0.5) is 5.00 Å². The van der Waals surface area contributed by atoms with E-state index in [0.717, 1.165) is 41.7 Å². The van der Waals surface area contributed by atoms with Crippen molar-refractivity contribution in [2.24, 2.45) is 5.10 Å². The molecular weight excluding hydrogens is 478 g/mol. The second-order valence-corrected chi connectivity index (χ2v) is 9.51. The Morgan fingerprint density at radius 3 is 2.61 bits per heavy atom. The lowest BCUT2D eigenvalue weighted by atomic mass is 9.95. The third-order valence-electron chi connectivity index (χ3n) is 5.76. The fourth-order valence-electron chi connectivity index (χ4n) is 3.88. The molecule has 0 saturated heterocycles. The first-order valence-electron chi connectivity index (χ1n) is 11.6. The van der Waals surface area contributed by atoms with Crippen molar-refractivity contribution in [3.63, 3.8) is 0 Å². The Hall–Kier alpha value is -3.98. The summed E-state index contributed by atoms with van der Waals surface area (Å²) in [5.74, 6) is -1.72. The third kappa shape index (κ3) is 6.17. The molecule has 8 nitrogen and oxygen atoms in total. The normalized spacial score (nSPS) is 12.6. The zero-order chi connectivity index (χ0) is 25.5. The van der Waals surface area contributed by atoms with Gasteiger partial charge in [-0.25, -0.2) is 10.2 Å².